The summed E-state index contributed by atoms with van der Waals surface area (Å²) in [6.07, 6.45) is 0.833. The molecule has 4 nitrogen and oxygen atoms in total. The lowest BCUT2D eigenvalue weighted by molar-refractivity contribution is 0.0429. The molecule has 0 unspecified atom stereocenters. The molecule has 2 rings (SSSR count). The van der Waals surface area contributed by atoms with Crippen LogP contribution in [0.15, 0.2) is 24.3 Å². The number of ether oxygens (including phenoxy) is 2. The van der Waals surface area contributed by atoms with Crippen LogP contribution in [0.4, 0.5) is 0 Å². The Bertz CT molecular complexity index is 411. The molecule has 4 heteroatoms. The van der Waals surface area contributed by atoms with E-state index in [-0.39, 0.29) is 0 Å². The number of β-amino-alcohol motifs (C(OH)–C–C–N with tert-alkyl or cyclic N) is 1. The smallest absolute Gasteiger partial charge is 0.119 e. The number of likely N-dealkylation sites (tertiary alicyclic amines) is 1. The Morgan fingerprint density at radius 2 is 1.71 bits per heavy atom. The summed E-state index contributed by atoms with van der Waals surface area (Å²) in [6, 6.07) is 7.43. The maximum atomic E-state index is 10.1. The Labute approximate surface area is 127 Å². The van der Waals surface area contributed by atoms with Gasteiger partial charge in [0.25, 0.3) is 0 Å². The Kier molecular flexibility index (Phi) is 5.88. The SMILES string of the molecule is COc1ccc(OC[C@H](O)CN2C[C@H](C)C[C@@H](C)C2)cc1. The van der Waals surface area contributed by atoms with Gasteiger partial charge in [0.15, 0.2) is 0 Å². The molecule has 1 aliphatic heterocycles. The molecular weight excluding hydrogens is 266 g/mol. The molecule has 1 aromatic rings. The van der Waals surface area contributed by atoms with E-state index in [4.69, 9.17) is 9.47 Å². The van der Waals surface area contributed by atoms with Crippen LogP contribution in [0.25, 0.3) is 0 Å². The number of nitrogens with zero attached hydrogens (tertiary/aromatic N) is 1. The van der Waals surface area contributed by atoms with E-state index in [1.54, 1.807) is 7.11 Å². The molecule has 0 saturated carbocycles. The van der Waals surface area contributed by atoms with Gasteiger partial charge < -0.3 is 19.5 Å². The van der Waals surface area contributed by atoms with Crippen molar-refractivity contribution in [2.24, 2.45) is 11.8 Å². The zero-order valence-corrected chi connectivity index (χ0v) is 13.3. The van der Waals surface area contributed by atoms with Crippen LogP contribution in [0, 0.1) is 11.8 Å². The fraction of sp³-hybridized carbons (Fsp3) is 0.647. The van der Waals surface area contributed by atoms with Crippen LogP contribution in [0.5, 0.6) is 11.5 Å². The first-order chi connectivity index (χ1) is 10.1. The van der Waals surface area contributed by atoms with E-state index in [0.717, 1.165) is 24.6 Å². The normalized spacial score (nSPS) is 24.6. The lowest BCUT2D eigenvalue weighted by Crippen LogP contribution is -2.43. The highest BCUT2D eigenvalue weighted by atomic mass is 16.5. The lowest BCUT2D eigenvalue weighted by Gasteiger charge is -2.35. The van der Waals surface area contributed by atoms with E-state index in [9.17, 15) is 5.11 Å². The van der Waals surface area contributed by atoms with Crippen molar-refractivity contribution in [3.8, 4) is 11.5 Å². The minimum absolute atomic E-state index is 0.325. The molecule has 0 aromatic heterocycles. The lowest BCUT2D eigenvalue weighted by atomic mass is 9.92. The highest BCUT2D eigenvalue weighted by molar-refractivity contribution is 5.31. The zero-order valence-electron chi connectivity index (χ0n) is 13.3. The maximum Gasteiger partial charge on any atom is 0.119 e. The van der Waals surface area contributed by atoms with E-state index >= 15 is 0 Å². The largest absolute Gasteiger partial charge is 0.497 e. The third-order valence-electron chi connectivity index (χ3n) is 3.92. The van der Waals surface area contributed by atoms with Gasteiger partial charge in [-0.1, -0.05) is 13.8 Å². The van der Waals surface area contributed by atoms with Gasteiger partial charge in [-0.3, -0.25) is 0 Å². The summed E-state index contributed by atoms with van der Waals surface area (Å²) in [4.78, 5) is 2.35. The first-order valence-electron chi connectivity index (χ1n) is 7.74. The first-order valence-corrected chi connectivity index (χ1v) is 7.74. The van der Waals surface area contributed by atoms with Crippen molar-refractivity contribution >= 4 is 0 Å². The van der Waals surface area contributed by atoms with Crippen LogP contribution < -0.4 is 9.47 Å². The molecule has 0 spiro atoms. The molecule has 0 radical (unpaired) electrons. The van der Waals surface area contributed by atoms with E-state index in [0.29, 0.717) is 25.0 Å². The van der Waals surface area contributed by atoms with Gasteiger partial charge in [-0.2, -0.15) is 0 Å². The van der Waals surface area contributed by atoms with E-state index in [1.165, 1.54) is 6.42 Å². The topological polar surface area (TPSA) is 41.9 Å². The van der Waals surface area contributed by atoms with E-state index in [1.807, 2.05) is 24.3 Å². The summed E-state index contributed by atoms with van der Waals surface area (Å²) in [6.45, 7) is 7.72. The summed E-state index contributed by atoms with van der Waals surface area (Å²) >= 11 is 0. The number of benzene rings is 1. The van der Waals surface area contributed by atoms with Crippen molar-refractivity contribution in [2.45, 2.75) is 26.4 Å². The molecule has 0 aliphatic carbocycles. The molecule has 1 aliphatic rings. The second-order valence-corrected chi connectivity index (χ2v) is 6.30. The number of hydrogen-bond acceptors (Lipinski definition) is 4. The quantitative estimate of drug-likeness (QED) is 0.874. The van der Waals surface area contributed by atoms with Crippen LogP contribution in [-0.4, -0.2) is 49.5 Å². The first kappa shape index (κ1) is 16.1. The second kappa shape index (κ2) is 7.66. The Balaban J connectivity index is 1.74. The minimum Gasteiger partial charge on any atom is -0.497 e. The summed E-state index contributed by atoms with van der Waals surface area (Å²) < 4.78 is 10.7. The number of rotatable bonds is 6. The number of hydrogen-bond donors (Lipinski definition) is 1. The predicted octanol–water partition coefficient (Wildman–Crippen LogP) is 2.41. The van der Waals surface area contributed by atoms with Gasteiger partial charge in [0, 0.05) is 19.6 Å². The molecule has 1 heterocycles. The van der Waals surface area contributed by atoms with E-state index in [2.05, 4.69) is 18.7 Å². The van der Waals surface area contributed by atoms with Crippen molar-refractivity contribution in [3.63, 3.8) is 0 Å². The summed E-state index contributed by atoms with van der Waals surface area (Å²) in [5.41, 5.74) is 0. The number of aliphatic hydroxyl groups is 1. The molecule has 0 bridgehead atoms. The minimum atomic E-state index is -0.454. The molecule has 1 saturated heterocycles. The fourth-order valence-electron chi connectivity index (χ4n) is 3.16. The molecular formula is C17H27NO3. The average molecular weight is 293 g/mol. The van der Waals surface area contributed by atoms with Gasteiger partial charge in [-0.05, 0) is 42.5 Å². The van der Waals surface area contributed by atoms with Gasteiger partial charge in [0.2, 0.25) is 0 Å². The van der Waals surface area contributed by atoms with E-state index < -0.39 is 6.10 Å². The van der Waals surface area contributed by atoms with Crippen LogP contribution in [0.3, 0.4) is 0 Å². The Hall–Kier alpha value is -1.26. The molecule has 3 atom stereocenters. The monoisotopic (exact) mass is 293 g/mol. The summed E-state index contributed by atoms with van der Waals surface area (Å²) in [7, 11) is 1.64. The fourth-order valence-corrected chi connectivity index (χ4v) is 3.16. The molecule has 0 amide bonds. The van der Waals surface area contributed by atoms with Gasteiger partial charge in [0.05, 0.1) is 7.11 Å². The Morgan fingerprint density at radius 1 is 1.14 bits per heavy atom. The van der Waals surface area contributed by atoms with Crippen molar-refractivity contribution in [2.75, 3.05) is 33.4 Å². The Morgan fingerprint density at radius 3 is 2.29 bits per heavy atom. The highest BCUT2D eigenvalue weighted by Crippen LogP contribution is 2.21. The molecule has 118 valence electrons. The summed E-state index contributed by atoms with van der Waals surface area (Å²) in [5.74, 6) is 2.99. The van der Waals surface area contributed by atoms with Crippen LogP contribution in [0.2, 0.25) is 0 Å². The van der Waals surface area contributed by atoms with Crippen molar-refractivity contribution in [3.05, 3.63) is 24.3 Å². The zero-order chi connectivity index (χ0) is 15.2. The van der Waals surface area contributed by atoms with Crippen LogP contribution >= 0.6 is 0 Å². The third-order valence-corrected chi connectivity index (χ3v) is 3.92. The molecule has 1 fully saturated rings. The van der Waals surface area contributed by atoms with Crippen molar-refractivity contribution in [1.82, 2.24) is 4.90 Å². The van der Waals surface area contributed by atoms with Crippen LogP contribution in [-0.2, 0) is 0 Å². The molecule has 1 aromatic carbocycles. The molecule has 1 N–H and O–H groups in total. The maximum absolute atomic E-state index is 10.1. The van der Waals surface area contributed by atoms with Gasteiger partial charge in [-0.25, -0.2) is 0 Å². The third kappa shape index (κ3) is 5.21. The molecule has 21 heavy (non-hydrogen) atoms. The highest BCUT2D eigenvalue weighted by Gasteiger charge is 2.23. The average Bonchev–Trinajstić information content (AvgIpc) is 2.44. The second-order valence-electron chi connectivity index (χ2n) is 6.30. The predicted molar refractivity (Wildman–Crippen MR) is 83.9 cm³/mol. The van der Waals surface area contributed by atoms with Gasteiger partial charge >= 0.3 is 0 Å². The number of piperidine rings is 1. The van der Waals surface area contributed by atoms with Crippen molar-refractivity contribution < 1.29 is 14.6 Å². The van der Waals surface area contributed by atoms with Crippen LogP contribution in [0.1, 0.15) is 20.3 Å². The summed E-state index contributed by atoms with van der Waals surface area (Å²) in [5, 5.41) is 10.1. The van der Waals surface area contributed by atoms with Gasteiger partial charge in [0.1, 0.15) is 24.2 Å². The van der Waals surface area contributed by atoms with Crippen molar-refractivity contribution in [1.29, 1.82) is 0 Å². The number of methoxy groups -OCH3 is 1. The number of aliphatic hydroxyl groups excluding tert-OH is 1. The van der Waals surface area contributed by atoms with Gasteiger partial charge in [-0.15, -0.1) is 0 Å². The standard InChI is InChI=1S/C17H27NO3/c1-13-8-14(2)10-18(9-13)11-15(19)12-21-17-6-4-16(20-3)5-7-17/h4-7,13-15,19H,8-12H2,1-3H3/t13-,14-,15-/m1/s1.